The van der Waals surface area contributed by atoms with Crippen LogP contribution in [0, 0.1) is 12.7 Å². The van der Waals surface area contributed by atoms with E-state index in [0.29, 0.717) is 5.69 Å². The van der Waals surface area contributed by atoms with Crippen LogP contribution in [0.1, 0.15) is 5.56 Å². The Bertz CT molecular complexity index is 727. The van der Waals surface area contributed by atoms with Gasteiger partial charge in [-0.25, -0.2) is 12.8 Å². The lowest BCUT2D eigenvalue weighted by atomic mass is 10.2. The normalized spacial score (nSPS) is 11.3. The zero-order valence-corrected chi connectivity index (χ0v) is 11.9. The molecule has 0 bridgehead atoms. The molecule has 0 radical (unpaired) electrons. The van der Waals surface area contributed by atoms with Crippen molar-refractivity contribution in [1.82, 2.24) is 0 Å². The number of hydrogen-bond acceptors (Lipinski definition) is 3. The lowest BCUT2D eigenvalue weighted by Crippen LogP contribution is -2.27. The van der Waals surface area contributed by atoms with E-state index in [1.54, 1.807) is 0 Å². The predicted molar refractivity (Wildman–Crippen MR) is 74.8 cm³/mol. The van der Waals surface area contributed by atoms with Gasteiger partial charge in [-0.2, -0.15) is 0 Å². The molecule has 0 spiro atoms. The van der Waals surface area contributed by atoms with Crippen molar-refractivity contribution >= 4 is 15.7 Å². The van der Waals surface area contributed by atoms with Gasteiger partial charge in [0.1, 0.15) is 16.5 Å². The SMILES string of the molecule is Cc1cccc(S(=O)(=O)N(C)c2ccc(O)cc2)c1F. The first-order chi connectivity index (χ1) is 9.34. The van der Waals surface area contributed by atoms with Crippen LogP contribution in [-0.4, -0.2) is 20.6 Å². The van der Waals surface area contributed by atoms with E-state index in [0.717, 1.165) is 4.31 Å². The molecule has 1 N–H and O–H groups in total. The van der Waals surface area contributed by atoms with Gasteiger partial charge in [0.05, 0.1) is 5.69 Å². The molecule has 0 atom stereocenters. The van der Waals surface area contributed by atoms with Gasteiger partial charge in [-0.15, -0.1) is 0 Å². The molecule has 0 heterocycles. The summed E-state index contributed by atoms with van der Waals surface area (Å²) < 4.78 is 39.8. The first-order valence-corrected chi connectivity index (χ1v) is 7.31. The average Bonchev–Trinajstić information content (AvgIpc) is 2.41. The van der Waals surface area contributed by atoms with Gasteiger partial charge in [0.15, 0.2) is 0 Å². The molecule has 0 aliphatic carbocycles. The van der Waals surface area contributed by atoms with Crippen LogP contribution in [0.3, 0.4) is 0 Å². The number of phenols is 1. The Balaban J connectivity index is 2.49. The highest BCUT2D eigenvalue weighted by Crippen LogP contribution is 2.26. The van der Waals surface area contributed by atoms with Gasteiger partial charge in [0, 0.05) is 7.05 Å². The highest BCUT2D eigenvalue weighted by atomic mass is 32.2. The van der Waals surface area contributed by atoms with E-state index >= 15 is 0 Å². The van der Waals surface area contributed by atoms with Gasteiger partial charge in [-0.1, -0.05) is 12.1 Å². The third kappa shape index (κ3) is 2.46. The van der Waals surface area contributed by atoms with Crippen LogP contribution >= 0.6 is 0 Å². The topological polar surface area (TPSA) is 57.6 Å². The maximum atomic E-state index is 14.0. The smallest absolute Gasteiger partial charge is 0.266 e. The van der Waals surface area contributed by atoms with Crippen LogP contribution in [0.5, 0.6) is 5.75 Å². The number of phenolic OH excluding ortho intramolecular Hbond substituents is 1. The molecular formula is C14H14FNO3S. The summed E-state index contributed by atoms with van der Waals surface area (Å²) in [6, 6.07) is 9.86. The maximum absolute atomic E-state index is 14.0. The number of halogens is 1. The number of aryl methyl sites for hydroxylation is 1. The lowest BCUT2D eigenvalue weighted by Gasteiger charge is -2.20. The highest BCUT2D eigenvalue weighted by Gasteiger charge is 2.25. The fourth-order valence-corrected chi connectivity index (χ4v) is 3.10. The molecule has 0 aliphatic rings. The van der Waals surface area contributed by atoms with Gasteiger partial charge in [0.2, 0.25) is 0 Å². The third-order valence-electron chi connectivity index (χ3n) is 3.01. The van der Waals surface area contributed by atoms with Crippen LogP contribution in [0.25, 0.3) is 0 Å². The van der Waals surface area contributed by atoms with Crippen molar-refractivity contribution in [3.8, 4) is 5.75 Å². The second-order valence-electron chi connectivity index (χ2n) is 4.38. The Morgan fingerprint density at radius 3 is 2.30 bits per heavy atom. The summed E-state index contributed by atoms with van der Waals surface area (Å²) in [7, 11) is -2.64. The van der Waals surface area contributed by atoms with Gasteiger partial charge >= 0.3 is 0 Å². The quantitative estimate of drug-likeness (QED) is 0.947. The first kappa shape index (κ1) is 14.3. The van der Waals surface area contributed by atoms with Gasteiger partial charge in [-0.3, -0.25) is 4.31 Å². The van der Waals surface area contributed by atoms with E-state index in [1.807, 2.05) is 0 Å². The molecule has 0 aromatic heterocycles. The number of anilines is 1. The molecule has 0 amide bonds. The molecule has 6 heteroatoms. The highest BCUT2D eigenvalue weighted by molar-refractivity contribution is 7.92. The maximum Gasteiger partial charge on any atom is 0.266 e. The number of hydrogen-bond donors (Lipinski definition) is 1. The monoisotopic (exact) mass is 295 g/mol. The van der Waals surface area contributed by atoms with Crippen molar-refractivity contribution in [3.63, 3.8) is 0 Å². The van der Waals surface area contributed by atoms with Crippen LogP contribution in [-0.2, 0) is 10.0 Å². The summed E-state index contributed by atoms with van der Waals surface area (Å²) >= 11 is 0. The minimum absolute atomic E-state index is 0.0290. The summed E-state index contributed by atoms with van der Waals surface area (Å²) in [4.78, 5) is -0.368. The second kappa shape index (κ2) is 5.13. The number of rotatable bonds is 3. The first-order valence-electron chi connectivity index (χ1n) is 5.87. The number of aromatic hydroxyl groups is 1. The molecule has 106 valence electrons. The van der Waals surface area contributed by atoms with Crippen molar-refractivity contribution in [2.75, 3.05) is 11.4 Å². The van der Waals surface area contributed by atoms with Crippen molar-refractivity contribution in [3.05, 3.63) is 53.8 Å². The van der Waals surface area contributed by atoms with E-state index in [1.165, 1.54) is 56.4 Å². The molecule has 0 fully saturated rings. The van der Waals surface area contributed by atoms with Crippen LogP contribution in [0.15, 0.2) is 47.4 Å². The van der Waals surface area contributed by atoms with Crippen LogP contribution in [0.4, 0.5) is 10.1 Å². The zero-order chi connectivity index (χ0) is 14.9. The summed E-state index contributed by atoms with van der Waals surface area (Å²) in [6.45, 7) is 1.51. The van der Waals surface area contributed by atoms with Crippen LogP contribution < -0.4 is 4.31 Å². The number of nitrogens with zero attached hydrogens (tertiary/aromatic N) is 1. The Morgan fingerprint density at radius 1 is 1.10 bits per heavy atom. The molecule has 0 saturated carbocycles. The third-order valence-corrected chi connectivity index (χ3v) is 4.81. The molecule has 4 nitrogen and oxygen atoms in total. The summed E-state index contributed by atoms with van der Waals surface area (Å²) in [6.07, 6.45) is 0. The van der Waals surface area contributed by atoms with Crippen LogP contribution in [0.2, 0.25) is 0 Å². The Hall–Kier alpha value is -2.08. The molecule has 20 heavy (non-hydrogen) atoms. The molecule has 0 saturated heterocycles. The standard InChI is InChI=1S/C14H14FNO3S/c1-10-4-3-5-13(14(10)15)20(18,19)16(2)11-6-8-12(17)9-7-11/h3-9,17H,1-2H3. The Kier molecular flexibility index (Phi) is 3.67. The zero-order valence-electron chi connectivity index (χ0n) is 11.0. The molecule has 2 aromatic rings. The van der Waals surface area contributed by atoms with Gasteiger partial charge in [-0.05, 0) is 42.8 Å². The van der Waals surface area contributed by atoms with Crippen molar-refractivity contribution in [1.29, 1.82) is 0 Å². The minimum atomic E-state index is -3.98. The fourth-order valence-electron chi connectivity index (χ4n) is 1.77. The van der Waals surface area contributed by atoms with Crippen molar-refractivity contribution < 1.29 is 17.9 Å². The van der Waals surface area contributed by atoms with E-state index < -0.39 is 15.8 Å². The number of sulfonamides is 1. The second-order valence-corrected chi connectivity index (χ2v) is 6.31. The Labute approximate surface area is 117 Å². The minimum Gasteiger partial charge on any atom is -0.508 e. The van der Waals surface area contributed by atoms with E-state index in [2.05, 4.69) is 0 Å². The number of benzene rings is 2. The van der Waals surface area contributed by atoms with E-state index in [9.17, 15) is 17.9 Å². The fraction of sp³-hybridized carbons (Fsp3) is 0.143. The van der Waals surface area contributed by atoms with E-state index in [-0.39, 0.29) is 16.2 Å². The molecule has 0 unspecified atom stereocenters. The largest absolute Gasteiger partial charge is 0.508 e. The average molecular weight is 295 g/mol. The predicted octanol–water partition coefficient (Wildman–Crippen LogP) is 2.66. The van der Waals surface area contributed by atoms with Crippen molar-refractivity contribution in [2.24, 2.45) is 0 Å². The van der Waals surface area contributed by atoms with Gasteiger partial charge < -0.3 is 5.11 Å². The summed E-state index contributed by atoms with van der Waals surface area (Å²) in [5, 5.41) is 9.21. The van der Waals surface area contributed by atoms with Crippen molar-refractivity contribution in [2.45, 2.75) is 11.8 Å². The molecule has 2 rings (SSSR count). The Morgan fingerprint density at radius 2 is 1.70 bits per heavy atom. The van der Waals surface area contributed by atoms with E-state index in [4.69, 9.17) is 0 Å². The molecule has 2 aromatic carbocycles. The van der Waals surface area contributed by atoms with Gasteiger partial charge in [0.25, 0.3) is 10.0 Å². The summed E-state index contributed by atoms with van der Waals surface area (Å²) in [5.74, 6) is -0.723. The molecule has 0 aliphatic heterocycles. The lowest BCUT2D eigenvalue weighted by molar-refractivity contribution is 0.475. The molecular weight excluding hydrogens is 281 g/mol. The summed E-state index contributed by atoms with van der Waals surface area (Å²) in [5.41, 5.74) is 0.605.